The Morgan fingerprint density at radius 3 is 2.54 bits per heavy atom. The topological polar surface area (TPSA) is 64.3 Å². The number of carbonyl (C=O) groups excluding carboxylic acids is 1. The molecule has 78 valence electrons. The van der Waals surface area contributed by atoms with Crippen molar-refractivity contribution in [3.8, 4) is 0 Å². The Kier molecular flexibility index (Phi) is 4.79. The zero-order valence-electron chi connectivity index (χ0n) is 7.64. The van der Waals surface area contributed by atoms with Crippen molar-refractivity contribution in [3.05, 3.63) is 0 Å². The predicted octanol–water partition coefficient (Wildman–Crippen LogP) is 0.0791. The summed E-state index contributed by atoms with van der Waals surface area (Å²) < 4.78 is 30.1. The molecule has 0 aromatic rings. The average Bonchev–Trinajstić information content (AvgIpc) is 2.00. The van der Waals surface area contributed by atoms with Gasteiger partial charge >= 0.3 is 6.05 Å². The molecule has 0 heterocycles. The molecule has 0 aliphatic heterocycles. The van der Waals surface area contributed by atoms with E-state index in [1.165, 1.54) is 5.32 Å². The molecule has 0 unspecified atom stereocenters. The smallest absolute Gasteiger partial charge is 0.348 e. The lowest BCUT2D eigenvalue weighted by molar-refractivity contribution is -0.144. The third-order valence-electron chi connectivity index (χ3n) is 1.11. The van der Waals surface area contributed by atoms with Gasteiger partial charge in [-0.15, -0.1) is 0 Å². The van der Waals surface area contributed by atoms with Crippen LogP contribution in [-0.4, -0.2) is 31.2 Å². The SMILES string of the molecule is CC(C)OCC(F)(F)NC(=O)CN. The zero-order valence-corrected chi connectivity index (χ0v) is 7.64. The normalized spacial score (nSPS) is 11.8. The predicted molar refractivity (Wildman–Crippen MR) is 43.2 cm³/mol. The van der Waals surface area contributed by atoms with Crippen LogP contribution in [0.1, 0.15) is 13.8 Å². The molecule has 1 amide bonds. The monoisotopic (exact) mass is 196 g/mol. The lowest BCUT2D eigenvalue weighted by Gasteiger charge is -2.18. The Morgan fingerprint density at radius 1 is 1.62 bits per heavy atom. The van der Waals surface area contributed by atoms with Crippen LogP contribution in [-0.2, 0) is 9.53 Å². The first-order valence-electron chi connectivity index (χ1n) is 3.88. The summed E-state index contributed by atoms with van der Waals surface area (Å²) >= 11 is 0. The maximum atomic E-state index is 12.7. The quantitative estimate of drug-likeness (QED) is 0.612. The molecule has 0 aromatic carbocycles. The fourth-order valence-corrected chi connectivity index (χ4v) is 0.562. The van der Waals surface area contributed by atoms with Gasteiger partial charge < -0.3 is 10.5 Å². The highest BCUT2D eigenvalue weighted by molar-refractivity contribution is 5.78. The van der Waals surface area contributed by atoms with Crippen LogP contribution < -0.4 is 11.1 Å². The van der Waals surface area contributed by atoms with Gasteiger partial charge in [0.1, 0.15) is 6.61 Å². The molecule has 0 bridgehead atoms. The van der Waals surface area contributed by atoms with Crippen LogP contribution in [0.15, 0.2) is 0 Å². The van der Waals surface area contributed by atoms with Gasteiger partial charge in [-0.2, -0.15) is 8.78 Å². The van der Waals surface area contributed by atoms with E-state index in [2.05, 4.69) is 4.74 Å². The summed E-state index contributed by atoms with van der Waals surface area (Å²) in [5.74, 6) is -0.905. The van der Waals surface area contributed by atoms with Crippen LogP contribution in [0.25, 0.3) is 0 Å². The van der Waals surface area contributed by atoms with E-state index in [9.17, 15) is 13.6 Å². The van der Waals surface area contributed by atoms with Crippen molar-refractivity contribution >= 4 is 5.91 Å². The maximum Gasteiger partial charge on any atom is 0.348 e. The van der Waals surface area contributed by atoms with Crippen molar-refractivity contribution in [2.75, 3.05) is 13.2 Å². The minimum absolute atomic E-state index is 0.305. The second-order valence-corrected chi connectivity index (χ2v) is 2.82. The fraction of sp³-hybridized carbons (Fsp3) is 0.857. The minimum atomic E-state index is -3.35. The first-order chi connectivity index (χ1) is 5.87. The number of ether oxygens (including phenoxy) is 1. The summed E-state index contributed by atoms with van der Waals surface area (Å²) in [6.07, 6.45) is -0.305. The molecule has 0 rings (SSSR count). The highest BCUT2D eigenvalue weighted by atomic mass is 19.3. The van der Waals surface area contributed by atoms with Gasteiger partial charge in [0.25, 0.3) is 0 Å². The van der Waals surface area contributed by atoms with Crippen molar-refractivity contribution in [2.45, 2.75) is 26.0 Å². The third-order valence-corrected chi connectivity index (χ3v) is 1.11. The van der Waals surface area contributed by atoms with Crippen LogP contribution in [0.5, 0.6) is 0 Å². The van der Waals surface area contributed by atoms with E-state index < -0.39 is 25.1 Å². The molecule has 6 heteroatoms. The minimum Gasteiger partial charge on any atom is -0.370 e. The highest BCUT2D eigenvalue weighted by Crippen LogP contribution is 2.10. The lowest BCUT2D eigenvalue weighted by Crippen LogP contribution is -2.47. The summed E-state index contributed by atoms with van der Waals surface area (Å²) in [5.41, 5.74) is 4.85. The van der Waals surface area contributed by atoms with Gasteiger partial charge in [-0.3, -0.25) is 10.1 Å². The summed E-state index contributed by atoms with van der Waals surface area (Å²) in [6, 6.07) is -3.35. The van der Waals surface area contributed by atoms with Crippen LogP contribution in [0.4, 0.5) is 8.78 Å². The number of nitrogens with one attached hydrogen (secondary N) is 1. The number of hydrogen-bond acceptors (Lipinski definition) is 3. The van der Waals surface area contributed by atoms with Crippen molar-refractivity contribution in [2.24, 2.45) is 5.73 Å². The summed E-state index contributed by atoms with van der Waals surface area (Å²) in [7, 11) is 0. The molecule has 0 aliphatic rings. The lowest BCUT2D eigenvalue weighted by atomic mass is 10.4. The third kappa shape index (κ3) is 6.41. The molecule has 0 radical (unpaired) electrons. The fourth-order valence-electron chi connectivity index (χ4n) is 0.562. The molecule has 0 saturated heterocycles. The molecular formula is C7H14F2N2O2. The average molecular weight is 196 g/mol. The molecule has 0 saturated carbocycles. The molecule has 0 atom stereocenters. The van der Waals surface area contributed by atoms with Gasteiger partial charge in [-0.1, -0.05) is 0 Å². The number of alkyl halides is 2. The van der Waals surface area contributed by atoms with E-state index in [1.54, 1.807) is 13.8 Å². The second kappa shape index (κ2) is 5.08. The number of halogens is 2. The Bertz CT molecular complexity index is 174. The number of amides is 1. The molecule has 0 aliphatic carbocycles. The van der Waals surface area contributed by atoms with E-state index >= 15 is 0 Å². The Hall–Kier alpha value is -0.750. The molecule has 13 heavy (non-hydrogen) atoms. The number of nitrogens with two attached hydrogens (primary N) is 1. The van der Waals surface area contributed by atoms with Gasteiger partial charge in [-0.25, -0.2) is 0 Å². The second-order valence-electron chi connectivity index (χ2n) is 2.82. The maximum absolute atomic E-state index is 12.7. The van der Waals surface area contributed by atoms with Crippen molar-refractivity contribution < 1.29 is 18.3 Å². The van der Waals surface area contributed by atoms with Gasteiger partial charge in [-0.05, 0) is 13.8 Å². The molecule has 0 fully saturated rings. The Morgan fingerprint density at radius 2 is 2.15 bits per heavy atom. The van der Waals surface area contributed by atoms with E-state index in [1.807, 2.05) is 0 Å². The van der Waals surface area contributed by atoms with Crippen LogP contribution in [0, 0.1) is 0 Å². The summed E-state index contributed by atoms with van der Waals surface area (Å²) in [5, 5.41) is 1.44. The zero-order chi connectivity index (χ0) is 10.5. The van der Waals surface area contributed by atoms with E-state index in [0.29, 0.717) is 0 Å². The van der Waals surface area contributed by atoms with Gasteiger partial charge in [0.15, 0.2) is 0 Å². The first kappa shape index (κ1) is 12.2. The molecule has 3 N–H and O–H groups in total. The van der Waals surface area contributed by atoms with E-state index in [0.717, 1.165) is 0 Å². The van der Waals surface area contributed by atoms with Crippen LogP contribution in [0.3, 0.4) is 0 Å². The number of rotatable bonds is 5. The van der Waals surface area contributed by atoms with Gasteiger partial charge in [0.05, 0.1) is 12.6 Å². The van der Waals surface area contributed by atoms with Gasteiger partial charge in [0.2, 0.25) is 5.91 Å². The Balaban J connectivity index is 3.86. The van der Waals surface area contributed by atoms with E-state index in [-0.39, 0.29) is 6.10 Å². The number of hydrogen-bond donors (Lipinski definition) is 2. The molecular weight excluding hydrogens is 182 g/mol. The summed E-state index contributed by atoms with van der Waals surface area (Å²) in [6.45, 7) is 1.95. The van der Waals surface area contributed by atoms with Crippen molar-refractivity contribution in [1.29, 1.82) is 0 Å². The molecule has 4 nitrogen and oxygen atoms in total. The van der Waals surface area contributed by atoms with Crippen molar-refractivity contribution in [1.82, 2.24) is 5.32 Å². The van der Waals surface area contributed by atoms with Crippen LogP contribution >= 0.6 is 0 Å². The van der Waals surface area contributed by atoms with E-state index in [4.69, 9.17) is 5.73 Å². The Labute approximate surface area is 75.4 Å². The molecule has 0 aromatic heterocycles. The van der Waals surface area contributed by atoms with Crippen molar-refractivity contribution in [3.63, 3.8) is 0 Å². The molecule has 0 spiro atoms. The van der Waals surface area contributed by atoms with Crippen LogP contribution in [0.2, 0.25) is 0 Å². The highest BCUT2D eigenvalue weighted by Gasteiger charge is 2.31. The first-order valence-corrected chi connectivity index (χ1v) is 3.88. The summed E-state index contributed by atoms with van der Waals surface area (Å²) in [4.78, 5) is 10.5. The standard InChI is InChI=1S/C7H14F2N2O2/c1-5(2)13-4-7(8,9)11-6(12)3-10/h5H,3-4,10H2,1-2H3,(H,11,12). The largest absolute Gasteiger partial charge is 0.370 e. The number of carbonyl (C=O) groups is 1. The van der Waals surface area contributed by atoms with Gasteiger partial charge in [0, 0.05) is 0 Å².